The quantitative estimate of drug-likeness (QED) is 0.622. The molecule has 1 fully saturated rings. The fourth-order valence-corrected chi connectivity index (χ4v) is 2.13. The molecule has 1 saturated carbocycles. The molecule has 1 aliphatic rings. The Balaban J connectivity index is 1.92. The van der Waals surface area contributed by atoms with Gasteiger partial charge in [0.2, 0.25) is 5.91 Å². The van der Waals surface area contributed by atoms with Gasteiger partial charge < -0.3 is 10.4 Å². The van der Waals surface area contributed by atoms with E-state index in [2.05, 4.69) is 19.2 Å². The van der Waals surface area contributed by atoms with Gasteiger partial charge >= 0.3 is 5.97 Å². The summed E-state index contributed by atoms with van der Waals surface area (Å²) >= 11 is 0. The number of carbonyl (C=O) groups excluding carboxylic acids is 1. The van der Waals surface area contributed by atoms with Crippen LogP contribution in [-0.2, 0) is 9.59 Å². The summed E-state index contributed by atoms with van der Waals surface area (Å²) in [5.41, 5.74) is 0. The Morgan fingerprint density at radius 1 is 1.17 bits per heavy atom. The first kappa shape index (κ1) is 15.0. The van der Waals surface area contributed by atoms with Gasteiger partial charge in [-0.2, -0.15) is 0 Å². The van der Waals surface area contributed by atoms with Crippen LogP contribution in [-0.4, -0.2) is 23.5 Å². The summed E-state index contributed by atoms with van der Waals surface area (Å²) in [7, 11) is 0. The average Bonchev–Trinajstić information content (AvgIpc) is 3.07. The van der Waals surface area contributed by atoms with E-state index in [1.807, 2.05) is 0 Å². The number of carbonyl (C=O) groups is 2. The van der Waals surface area contributed by atoms with Gasteiger partial charge in [0.05, 0.1) is 11.8 Å². The number of carboxylic acid groups (broad SMARTS) is 1. The highest BCUT2D eigenvalue weighted by atomic mass is 16.4. The number of unbranched alkanes of at least 4 members (excludes halogenated alkanes) is 3. The minimum absolute atomic E-state index is 0.0791. The highest BCUT2D eigenvalue weighted by molar-refractivity contribution is 5.89. The van der Waals surface area contributed by atoms with Gasteiger partial charge in [0.1, 0.15) is 0 Å². The molecule has 1 rings (SSSR count). The van der Waals surface area contributed by atoms with Gasteiger partial charge in [-0.1, -0.05) is 39.5 Å². The van der Waals surface area contributed by atoms with E-state index in [0.717, 1.165) is 18.8 Å². The maximum atomic E-state index is 11.5. The number of amides is 1. The molecule has 2 unspecified atom stereocenters. The van der Waals surface area contributed by atoms with Gasteiger partial charge in [0.25, 0.3) is 0 Å². The first-order valence-electron chi connectivity index (χ1n) is 7.03. The SMILES string of the molecule is CC(C)CCCCCCNC(=O)C1CC1C(=O)O. The largest absolute Gasteiger partial charge is 0.481 e. The topological polar surface area (TPSA) is 66.4 Å². The highest BCUT2D eigenvalue weighted by Gasteiger charge is 2.48. The number of hydrogen-bond donors (Lipinski definition) is 2. The molecule has 0 aromatic heterocycles. The highest BCUT2D eigenvalue weighted by Crippen LogP contribution is 2.38. The minimum Gasteiger partial charge on any atom is -0.481 e. The Morgan fingerprint density at radius 2 is 1.83 bits per heavy atom. The Hall–Kier alpha value is -1.06. The maximum absolute atomic E-state index is 11.5. The second-order valence-electron chi connectivity index (χ2n) is 5.67. The molecule has 0 aliphatic heterocycles. The first-order valence-corrected chi connectivity index (χ1v) is 7.03. The molecule has 0 heterocycles. The smallest absolute Gasteiger partial charge is 0.307 e. The van der Waals surface area contributed by atoms with Crippen LogP contribution in [0.3, 0.4) is 0 Å². The third-order valence-corrected chi connectivity index (χ3v) is 3.45. The predicted octanol–water partition coefficient (Wildman–Crippen LogP) is 2.43. The van der Waals surface area contributed by atoms with Crippen molar-refractivity contribution in [2.75, 3.05) is 6.54 Å². The summed E-state index contributed by atoms with van der Waals surface area (Å²) in [6.07, 6.45) is 6.39. The van der Waals surface area contributed by atoms with Gasteiger partial charge in [0.15, 0.2) is 0 Å². The van der Waals surface area contributed by atoms with Crippen molar-refractivity contribution in [2.45, 2.75) is 52.4 Å². The van der Waals surface area contributed by atoms with E-state index in [1.165, 1.54) is 19.3 Å². The fraction of sp³-hybridized carbons (Fsp3) is 0.857. The average molecular weight is 255 g/mol. The van der Waals surface area contributed by atoms with Gasteiger partial charge in [-0.3, -0.25) is 9.59 Å². The van der Waals surface area contributed by atoms with E-state index >= 15 is 0 Å². The predicted molar refractivity (Wildman–Crippen MR) is 70.2 cm³/mol. The van der Waals surface area contributed by atoms with Gasteiger partial charge in [-0.05, 0) is 18.8 Å². The van der Waals surface area contributed by atoms with Crippen molar-refractivity contribution >= 4 is 11.9 Å². The lowest BCUT2D eigenvalue weighted by Gasteiger charge is -2.05. The lowest BCUT2D eigenvalue weighted by Crippen LogP contribution is -2.27. The van der Waals surface area contributed by atoms with Crippen molar-refractivity contribution in [1.82, 2.24) is 5.32 Å². The van der Waals surface area contributed by atoms with E-state index < -0.39 is 11.9 Å². The van der Waals surface area contributed by atoms with E-state index in [0.29, 0.717) is 13.0 Å². The number of nitrogens with one attached hydrogen (secondary N) is 1. The van der Waals surface area contributed by atoms with E-state index in [-0.39, 0.29) is 11.8 Å². The zero-order valence-electron chi connectivity index (χ0n) is 11.4. The Bertz CT molecular complexity index is 289. The molecule has 104 valence electrons. The molecule has 4 heteroatoms. The van der Waals surface area contributed by atoms with Crippen LogP contribution < -0.4 is 5.32 Å². The molecule has 0 aromatic carbocycles. The molecule has 0 radical (unpaired) electrons. The summed E-state index contributed by atoms with van der Waals surface area (Å²) in [5, 5.41) is 11.5. The first-order chi connectivity index (χ1) is 8.52. The van der Waals surface area contributed by atoms with Crippen LogP contribution in [0, 0.1) is 17.8 Å². The Kier molecular flexibility index (Phi) is 6.16. The molecule has 18 heavy (non-hydrogen) atoms. The van der Waals surface area contributed by atoms with Crippen LogP contribution in [0.25, 0.3) is 0 Å². The summed E-state index contributed by atoms with van der Waals surface area (Å²) < 4.78 is 0. The molecule has 1 amide bonds. The van der Waals surface area contributed by atoms with Crippen LogP contribution in [0.2, 0.25) is 0 Å². The molecular weight excluding hydrogens is 230 g/mol. The summed E-state index contributed by atoms with van der Waals surface area (Å²) in [5.74, 6) is -0.861. The van der Waals surface area contributed by atoms with Crippen molar-refractivity contribution in [3.05, 3.63) is 0 Å². The van der Waals surface area contributed by atoms with E-state index in [4.69, 9.17) is 5.11 Å². The van der Waals surface area contributed by atoms with Crippen molar-refractivity contribution in [1.29, 1.82) is 0 Å². The third-order valence-electron chi connectivity index (χ3n) is 3.45. The monoisotopic (exact) mass is 255 g/mol. The van der Waals surface area contributed by atoms with E-state index in [1.54, 1.807) is 0 Å². The molecule has 2 atom stereocenters. The van der Waals surface area contributed by atoms with Crippen molar-refractivity contribution in [2.24, 2.45) is 17.8 Å². The second-order valence-corrected chi connectivity index (χ2v) is 5.67. The van der Waals surface area contributed by atoms with Gasteiger partial charge in [-0.15, -0.1) is 0 Å². The third kappa shape index (κ3) is 5.52. The zero-order valence-corrected chi connectivity index (χ0v) is 11.4. The standard InChI is InChI=1S/C14H25NO3/c1-10(2)7-5-3-4-6-8-15-13(16)11-9-12(11)14(17)18/h10-12H,3-9H2,1-2H3,(H,15,16)(H,17,18). The minimum atomic E-state index is -0.844. The molecule has 0 aromatic rings. The van der Waals surface area contributed by atoms with Crippen molar-refractivity contribution in [3.8, 4) is 0 Å². The number of aliphatic carboxylic acids is 1. The van der Waals surface area contributed by atoms with Crippen LogP contribution in [0.4, 0.5) is 0 Å². The van der Waals surface area contributed by atoms with Crippen molar-refractivity contribution < 1.29 is 14.7 Å². The molecule has 0 bridgehead atoms. The van der Waals surface area contributed by atoms with Crippen LogP contribution in [0.5, 0.6) is 0 Å². The summed E-state index contributed by atoms with van der Waals surface area (Å²) in [4.78, 5) is 22.1. The lowest BCUT2D eigenvalue weighted by molar-refractivity contribution is -0.140. The number of rotatable bonds is 9. The van der Waals surface area contributed by atoms with Crippen LogP contribution in [0.1, 0.15) is 52.4 Å². The molecule has 1 aliphatic carbocycles. The van der Waals surface area contributed by atoms with Gasteiger partial charge in [0, 0.05) is 6.54 Å². The van der Waals surface area contributed by atoms with Crippen LogP contribution in [0.15, 0.2) is 0 Å². The number of carboxylic acids is 1. The zero-order chi connectivity index (χ0) is 13.5. The van der Waals surface area contributed by atoms with E-state index in [9.17, 15) is 9.59 Å². The van der Waals surface area contributed by atoms with Crippen molar-refractivity contribution in [3.63, 3.8) is 0 Å². The summed E-state index contributed by atoms with van der Waals surface area (Å²) in [6, 6.07) is 0. The molecule has 2 N–H and O–H groups in total. The normalized spacial score (nSPS) is 21.9. The molecule has 4 nitrogen and oxygen atoms in total. The molecule has 0 spiro atoms. The van der Waals surface area contributed by atoms with Crippen LogP contribution >= 0.6 is 0 Å². The number of hydrogen-bond acceptors (Lipinski definition) is 2. The fourth-order valence-electron chi connectivity index (χ4n) is 2.13. The Morgan fingerprint density at radius 3 is 2.39 bits per heavy atom. The molecular formula is C14H25NO3. The van der Waals surface area contributed by atoms with Gasteiger partial charge in [-0.25, -0.2) is 0 Å². The maximum Gasteiger partial charge on any atom is 0.307 e. The Labute approximate surface area is 109 Å². The second kappa shape index (κ2) is 7.39. The lowest BCUT2D eigenvalue weighted by atomic mass is 10.0. The summed E-state index contributed by atoms with van der Waals surface area (Å²) in [6.45, 7) is 5.15. The molecule has 0 saturated heterocycles.